The number of nitrogens with one attached hydrogen (secondary N) is 2. The molecule has 57 heavy (non-hydrogen) atoms. The average molecular weight is 1170 g/mol. The first kappa shape index (κ1) is 65.3. The molecule has 0 saturated heterocycles. The third kappa shape index (κ3) is 43.4. The van der Waals surface area contributed by atoms with Crippen molar-refractivity contribution >= 4 is 127 Å². The number of carboxylic acid groups (broad SMARTS) is 6. The summed E-state index contributed by atoms with van der Waals surface area (Å²) in [5.41, 5.74) is 0.113. The number of aliphatic carboxylic acids is 6. The third-order valence-electron chi connectivity index (χ3n) is 4.20. The van der Waals surface area contributed by atoms with E-state index >= 15 is 0 Å². The van der Waals surface area contributed by atoms with Crippen LogP contribution in [0.4, 0.5) is 5.69 Å². The van der Waals surface area contributed by atoms with Crippen LogP contribution >= 0.6 is 67.8 Å². The van der Waals surface area contributed by atoms with Gasteiger partial charge in [0.05, 0.1) is 56.0 Å². The van der Waals surface area contributed by atoms with Gasteiger partial charge in [-0.1, -0.05) is 0 Å². The summed E-state index contributed by atoms with van der Waals surface area (Å²) in [6.07, 6.45) is -2.42. The van der Waals surface area contributed by atoms with Crippen LogP contribution in [0, 0.1) is 10.7 Å². The number of hydrogen-bond acceptors (Lipinski definition) is 15. The van der Waals surface area contributed by atoms with E-state index in [2.05, 4.69) is 10.6 Å². The lowest BCUT2D eigenvalue weighted by molar-refractivity contribution is -0.135. The number of halogens is 3. The van der Waals surface area contributed by atoms with E-state index in [0.29, 0.717) is 0 Å². The van der Waals surface area contributed by atoms with Crippen molar-refractivity contribution in [1.82, 2.24) is 10.6 Å². The predicted octanol–water partition coefficient (Wildman–Crippen LogP) is -1.47. The van der Waals surface area contributed by atoms with Crippen molar-refractivity contribution in [1.29, 1.82) is 0 Å². The summed E-state index contributed by atoms with van der Waals surface area (Å²) in [4.78, 5) is 93.4. The standard InChI is InChI=1S/C18H24I3N3O9.6C2H4O2/c19-13-11(17(32)22-3-8(29)5-26)14(20)16(24(1-2-25)10(31)7-28)15(21)12(13)18(33)23-4-9(30)6-27;6*1-2(3)4/h8-9,25-30H,1-7H2,(H,22,32)(H,23,33);6*1H3,(H,3,4). The maximum atomic E-state index is 13.0. The quantitative estimate of drug-likeness (QED) is 0.106. The normalized spacial score (nSPS) is 10.0. The van der Waals surface area contributed by atoms with Crippen LogP contribution in [-0.4, -0.2) is 173 Å². The van der Waals surface area contributed by atoms with Gasteiger partial charge in [0.25, 0.3) is 53.5 Å². The van der Waals surface area contributed by atoms with E-state index in [-0.39, 0.29) is 47.2 Å². The van der Waals surface area contributed by atoms with Crippen LogP contribution in [0.15, 0.2) is 0 Å². The minimum absolute atomic E-state index is 0.00158. The van der Waals surface area contributed by atoms with Crippen molar-refractivity contribution in [2.24, 2.45) is 0 Å². The zero-order valence-corrected chi connectivity index (χ0v) is 37.7. The predicted molar refractivity (Wildman–Crippen MR) is 222 cm³/mol. The number of hydrogen-bond donors (Lipinski definition) is 14. The number of anilines is 1. The first-order valence-corrected chi connectivity index (χ1v) is 18.2. The van der Waals surface area contributed by atoms with Crippen LogP contribution in [0.2, 0.25) is 0 Å². The molecule has 2 unspecified atom stereocenters. The van der Waals surface area contributed by atoms with Crippen molar-refractivity contribution < 1.29 is 104 Å². The lowest BCUT2D eigenvalue weighted by Crippen LogP contribution is -2.40. The number of nitrogens with zero attached hydrogens (tertiary/aromatic N) is 1. The molecule has 1 aromatic rings. The number of aliphatic hydroxyl groups is 6. The number of carbonyl (C=O) groups excluding carboxylic acids is 3. The van der Waals surface area contributed by atoms with E-state index in [1.807, 2.05) is 45.2 Å². The fourth-order valence-corrected chi connectivity index (χ4v) is 7.29. The molecule has 3 amide bonds. The van der Waals surface area contributed by atoms with Gasteiger partial charge in [0.15, 0.2) is 0 Å². The molecule has 2 atom stereocenters. The number of aliphatic hydroxyl groups excluding tert-OH is 6. The first-order valence-electron chi connectivity index (χ1n) is 15.0. The molecule has 27 heteroatoms. The SMILES string of the molecule is CC(=O)O.CC(=O)O.CC(=O)O.CC(=O)O.CC(=O)O.CC(=O)O.O=C(NCC(O)CO)c1c(I)c(C(=O)NCC(O)CO)c(I)c(N(CCO)C(=O)CO)c1I. The van der Waals surface area contributed by atoms with Crippen LogP contribution in [0.5, 0.6) is 0 Å². The van der Waals surface area contributed by atoms with Crippen LogP contribution in [0.25, 0.3) is 0 Å². The van der Waals surface area contributed by atoms with Gasteiger partial charge < -0.3 is 76.8 Å². The summed E-state index contributed by atoms with van der Waals surface area (Å²) in [7, 11) is 0. The molecule has 0 aliphatic heterocycles. The monoisotopic (exact) mass is 1170 g/mol. The van der Waals surface area contributed by atoms with E-state index < -0.39 is 92.2 Å². The van der Waals surface area contributed by atoms with E-state index in [1.165, 1.54) is 0 Å². The van der Waals surface area contributed by atoms with Gasteiger partial charge in [-0.2, -0.15) is 0 Å². The molecule has 0 saturated carbocycles. The molecule has 0 aromatic heterocycles. The summed E-state index contributed by atoms with van der Waals surface area (Å²) in [6.45, 7) is 3.22. The maximum Gasteiger partial charge on any atom is 0.300 e. The molecule has 0 radical (unpaired) electrons. The van der Waals surface area contributed by atoms with Gasteiger partial charge in [-0.3, -0.25) is 43.2 Å². The molecule has 14 N–H and O–H groups in total. The number of carbonyl (C=O) groups is 9. The molecule has 0 aliphatic rings. The molecular formula is C30H48I3N3O21. The lowest BCUT2D eigenvalue weighted by atomic mass is 10.1. The smallest absolute Gasteiger partial charge is 0.300 e. The molecule has 1 aromatic carbocycles. The number of rotatable bonds is 12. The molecule has 0 aliphatic carbocycles. The van der Waals surface area contributed by atoms with Crippen LogP contribution in [-0.2, 0) is 33.6 Å². The Kier molecular flexibility index (Phi) is 44.9. The van der Waals surface area contributed by atoms with Gasteiger partial charge in [0, 0.05) is 64.7 Å². The molecule has 24 nitrogen and oxygen atoms in total. The first-order chi connectivity index (χ1) is 25.9. The Bertz CT molecular complexity index is 1280. The topological polar surface area (TPSA) is 424 Å². The Morgan fingerprint density at radius 1 is 0.526 bits per heavy atom. The van der Waals surface area contributed by atoms with Crippen LogP contribution < -0.4 is 15.5 Å². The van der Waals surface area contributed by atoms with E-state index in [1.54, 1.807) is 22.6 Å². The second-order valence-corrected chi connectivity index (χ2v) is 12.9. The Balaban J connectivity index is -0.000000219. The Hall–Kier alpha value is -3.60. The van der Waals surface area contributed by atoms with Crippen molar-refractivity contribution in [2.75, 3.05) is 51.0 Å². The van der Waals surface area contributed by atoms with Gasteiger partial charge in [-0.05, 0) is 67.8 Å². The fraction of sp³-hybridized carbons (Fsp3) is 0.500. The van der Waals surface area contributed by atoms with E-state index in [0.717, 1.165) is 46.4 Å². The Labute approximate surface area is 366 Å². The number of benzene rings is 1. The van der Waals surface area contributed by atoms with Crippen molar-refractivity contribution in [3.8, 4) is 0 Å². The minimum Gasteiger partial charge on any atom is -0.481 e. The van der Waals surface area contributed by atoms with Gasteiger partial charge in [0.1, 0.15) is 6.61 Å². The van der Waals surface area contributed by atoms with Crippen LogP contribution in [0.1, 0.15) is 62.3 Å². The summed E-state index contributed by atoms with van der Waals surface area (Å²) in [6, 6.07) is 0. The summed E-state index contributed by atoms with van der Waals surface area (Å²) < 4.78 is 0.705. The molecule has 330 valence electrons. The van der Waals surface area contributed by atoms with Crippen molar-refractivity contribution in [3.05, 3.63) is 21.8 Å². The molecule has 0 fully saturated rings. The second kappa shape index (κ2) is 39.2. The molecule has 0 bridgehead atoms. The Morgan fingerprint density at radius 3 is 0.965 bits per heavy atom. The molecule has 1 rings (SSSR count). The summed E-state index contributed by atoms with van der Waals surface area (Å²) >= 11 is 5.41. The molecule has 0 spiro atoms. The van der Waals surface area contributed by atoms with E-state index in [9.17, 15) is 34.8 Å². The zero-order valence-electron chi connectivity index (χ0n) is 31.2. The third-order valence-corrected chi connectivity index (χ3v) is 7.38. The second-order valence-electron chi connectivity index (χ2n) is 9.67. The molecule has 0 heterocycles. The fourth-order valence-electron chi connectivity index (χ4n) is 2.56. The highest BCUT2D eigenvalue weighted by molar-refractivity contribution is 14.1. The minimum atomic E-state index is -1.21. The number of carboxylic acids is 6. The highest BCUT2D eigenvalue weighted by Crippen LogP contribution is 2.38. The van der Waals surface area contributed by atoms with Crippen molar-refractivity contribution in [2.45, 2.75) is 53.8 Å². The summed E-state index contributed by atoms with van der Waals surface area (Å²) in [5.74, 6) is -7.16. The molecular weight excluding hydrogens is 1120 g/mol. The van der Waals surface area contributed by atoms with Gasteiger partial charge in [-0.15, -0.1) is 0 Å². The van der Waals surface area contributed by atoms with Crippen LogP contribution in [0.3, 0.4) is 0 Å². The van der Waals surface area contributed by atoms with Gasteiger partial charge in [0.2, 0.25) is 0 Å². The highest BCUT2D eigenvalue weighted by Gasteiger charge is 2.32. The Morgan fingerprint density at radius 2 is 0.772 bits per heavy atom. The van der Waals surface area contributed by atoms with Crippen molar-refractivity contribution in [3.63, 3.8) is 0 Å². The van der Waals surface area contributed by atoms with Gasteiger partial charge in [-0.25, -0.2) is 0 Å². The average Bonchev–Trinajstić information content (AvgIpc) is 3.03. The largest absolute Gasteiger partial charge is 0.481 e. The summed E-state index contributed by atoms with van der Waals surface area (Å²) in [5, 5.41) is 105. The maximum absolute atomic E-state index is 13.0. The highest BCUT2D eigenvalue weighted by atomic mass is 127. The number of amides is 3. The zero-order chi connectivity index (χ0) is 46.8. The van der Waals surface area contributed by atoms with Gasteiger partial charge >= 0.3 is 0 Å². The lowest BCUT2D eigenvalue weighted by Gasteiger charge is -2.27. The van der Waals surface area contributed by atoms with E-state index in [4.69, 9.17) is 69.6 Å².